The Balaban J connectivity index is 1.52. The Morgan fingerprint density at radius 3 is 2.34 bits per heavy atom. The van der Waals surface area contributed by atoms with Gasteiger partial charge in [0.15, 0.2) is 5.82 Å². The van der Waals surface area contributed by atoms with Gasteiger partial charge < -0.3 is 29.7 Å². The average Bonchev–Trinajstić information content (AvgIpc) is 2.99. The molecule has 1 saturated carbocycles. The third kappa shape index (κ3) is 8.38. The summed E-state index contributed by atoms with van der Waals surface area (Å²) in [5, 5.41) is 12.0. The zero-order valence-electron chi connectivity index (χ0n) is 23.3. The van der Waals surface area contributed by atoms with Crippen molar-refractivity contribution in [3.63, 3.8) is 0 Å². The minimum atomic E-state index is -1.09. The summed E-state index contributed by atoms with van der Waals surface area (Å²) in [6.45, 7) is 3.00. The highest BCUT2D eigenvalue weighted by Crippen LogP contribution is 2.25. The molecular formula is C29H37N5O7. The molecule has 41 heavy (non-hydrogen) atoms. The third-order valence-electron chi connectivity index (χ3n) is 7.17. The molecule has 1 unspecified atom stereocenters. The lowest BCUT2D eigenvalue weighted by Gasteiger charge is -2.35. The summed E-state index contributed by atoms with van der Waals surface area (Å²) in [4.78, 5) is 62.3. The molecule has 3 amide bonds. The molecule has 1 aliphatic carbocycles. The first-order chi connectivity index (χ1) is 19.8. The van der Waals surface area contributed by atoms with Crippen LogP contribution in [0.25, 0.3) is 11.4 Å². The van der Waals surface area contributed by atoms with Crippen LogP contribution in [0.1, 0.15) is 62.4 Å². The molecule has 2 fully saturated rings. The Kier molecular flexibility index (Phi) is 10.5. The normalized spacial score (nSPS) is 16.5. The molecule has 1 aromatic carbocycles. The van der Waals surface area contributed by atoms with Gasteiger partial charge in [0.05, 0.1) is 6.61 Å². The number of piperazine rings is 1. The maximum atomic E-state index is 13.5. The van der Waals surface area contributed by atoms with Crippen LogP contribution in [0.4, 0.5) is 4.79 Å². The minimum absolute atomic E-state index is 0.00338. The van der Waals surface area contributed by atoms with E-state index in [-0.39, 0.29) is 63.3 Å². The van der Waals surface area contributed by atoms with E-state index in [0.717, 1.165) is 32.1 Å². The van der Waals surface area contributed by atoms with E-state index in [0.29, 0.717) is 11.4 Å². The number of carboxylic acids is 1. The fourth-order valence-corrected chi connectivity index (χ4v) is 4.97. The van der Waals surface area contributed by atoms with Gasteiger partial charge in [-0.1, -0.05) is 36.8 Å². The summed E-state index contributed by atoms with van der Waals surface area (Å²) in [6.07, 6.45) is 4.25. The summed E-state index contributed by atoms with van der Waals surface area (Å²) in [5.74, 6) is -1.54. The van der Waals surface area contributed by atoms with Gasteiger partial charge in [-0.25, -0.2) is 9.78 Å². The standard InChI is InChI=1S/C29H37N5O7/c1-2-40-29(39)34-17-15-33(16-18-34)28(38)22(13-14-25(35)36)31-27(37)23-19-24(41-21-11-7-4-8-12-21)32-26(30-23)20-9-5-3-6-10-20/h3,5-6,9-10,19,21-22H,2,4,7-8,11-18H2,1H3,(H,31,37)(H,35,36). The molecule has 0 bridgehead atoms. The van der Waals surface area contributed by atoms with Crippen LogP contribution >= 0.6 is 0 Å². The van der Waals surface area contributed by atoms with E-state index in [4.69, 9.17) is 9.47 Å². The predicted octanol–water partition coefficient (Wildman–Crippen LogP) is 3.12. The van der Waals surface area contributed by atoms with E-state index in [2.05, 4.69) is 15.3 Å². The third-order valence-corrected chi connectivity index (χ3v) is 7.17. The Bertz CT molecular complexity index is 1210. The van der Waals surface area contributed by atoms with Gasteiger partial charge >= 0.3 is 12.1 Å². The van der Waals surface area contributed by atoms with Crippen molar-refractivity contribution in [2.45, 2.75) is 64.0 Å². The number of carbonyl (C=O) groups is 4. The molecule has 2 N–H and O–H groups in total. The molecule has 2 heterocycles. The average molecular weight is 568 g/mol. The molecule has 1 atom stereocenters. The largest absolute Gasteiger partial charge is 0.481 e. The Hall–Kier alpha value is -4.22. The van der Waals surface area contributed by atoms with Gasteiger partial charge in [-0.05, 0) is 39.0 Å². The molecule has 12 heteroatoms. The van der Waals surface area contributed by atoms with Crippen LogP contribution in [0.3, 0.4) is 0 Å². The zero-order valence-corrected chi connectivity index (χ0v) is 23.3. The first-order valence-corrected chi connectivity index (χ1v) is 14.2. The van der Waals surface area contributed by atoms with Crippen LogP contribution in [0, 0.1) is 0 Å². The number of carbonyl (C=O) groups excluding carboxylic acids is 3. The van der Waals surface area contributed by atoms with Crippen molar-refractivity contribution in [3.05, 3.63) is 42.1 Å². The molecule has 2 aromatic rings. The van der Waals surface area contributed by atoms with Gasteiger partial charge in [0.2, 0.25) is 11.8 Å². The number of benzene rings is 1. The number of aromatic nitrogens is 2. The topological polar surface area (TPSA) is 151 Å². The predicted molar refractivity (Wildman–Crippen MR) is 148 cm³/mol. The number of amides is 3. The zero-order chi connectivity index (χ0) is 29.2. The quantitative estimate of drug-likeness (QED) is 0.441. The number of rotatable bonds is 10. The van der Waals surface area contributed by atoms with Gasteiger partial charge in [0.25, 0.3) is 5.91 Å². The highest BCUT2D eigenvalue weighted by Gasteiger charge is 2.31. The Labute approximate surface area is 239 Å². The highest BCUT2D eigenvalue weighted by molar-refractivity contribution is 5.96. The number of aliphatic carboxylic acids is 1. The van der Waals surface area contributed by atoms with E-state index >= 15 is 0 Å². The molecule has 4 rings (SSSR count). The molecule has 220 valence electrons. The van der Waals surface area contributed by atoms with Crippen LogP contribution in [-0.4, -0.2) is 93.7 Å². The molecule has 0 radical (unpaired) electrons. The maximum Gasteiger partial charge on any atom is 0.409 e. The first-order valence-electron chi connectivity index (χ1n) is 14.2. The lowest BCUT2D eigenvalue weighted by Crippen LogP contribution is -2.56. The first kappa shape index (κ1) is 29.8. The van der Waals surface area contributed by atoms with Crippen molar-refractivity contribution in [2.24, 2.45) is 0 Å². The van der Waals surface area contributed by atoms with E-state index < -0.39 is 29.9 Å². The van der Waals surface area contributed by atoms with Gasteiger partial charge in [0.1, 0.15) is 17.8 Å². The Morgan fingerprint density at radius 1 is 1.00 bits per heavy atom. The number of nitrogens with one attached hydrogen (secondary N) is 1. The number of nitrogens with zero attached hydrogens (tertiary/aromatic N) is 4. The van der Waals surface area contributed by atoms with Crippen molar-refractivity contribution in [2.75, 3.05) is 32.8 Å². The highest BCUT2D eigenvalue weighted by atomic mass is 16.6. The molecule has 12 nitrogen and oxygen atoms in total. The van der Waals surface area contributed by atoms with Crippen LogP contribution in [-0.2, 0) is 14.3 Å². The molecule has 1 saturated heterocycles. The summed E-state index contributed by atoms with van der Waals surface area (Å²) in [5.41, 5.74) is 0.721. The van der Waals surface area contributed by atoms with Crippen LogP contribution in [0.5, 0.6) is 5.88 Å². The van der Waals surface area contributed by atoms with Crippen molar-refractivity contribution < 1.29 is 33.8 Å². The van der Waals surface area contributed by atoms with Crippen LogP contribution in [0.15, 0.2) is 36.4 Å². The maximum absolute atomic E-state index is 13.5. The Morgan fingerprint density at radius 2 is 1.68 bits per heavy atom. The summed E-state index contributed by atoms with van der Waals surface area (Å²) in [7, 11) is 0. The summed E-state index contributed by atoms with van der Waals surface area (Å²) >= 11 is 0. The summed E-state index contributed by atoms with van der Waals surface area (Å²) in [6, 6.07) is 9.58. The van der Waals surface area contributed by atoms with E-state index in [1.54, 1.807) is 6.92 Å². The van der Waals surface area contributed by atoms with Crippen molar-refractivity contribution in [1.29, 1.82) is 0 Å². The molecule has 1 aliphatic heterocycles. The lowest BCUT2D eigenvalue weighted by molar-refractivity contribution is -0.138. The van der Waals surface area contributed by atoms with Crippen LogP contribution in [0.2, 0.25) is 0 Å². The second kappa shape index (κ2) is 14.4. The van der Waals surface area contributed by atoms with Crippen molar-refractivity contribution >= 4 is 23.9 Å². The second-order valence-corrected chi connectivity index (χ2v) is 10.1. The smallest absolute Gasteiger partial charge is 0.409 e. The number of hydrogen-bond acceptors (Lipinski definition) is 8. The summed E-state index contributed by atoms with van der Waals surface area (Å²) < 4.78 is 11.2. The second-order valence-electron chi connectivity index (χ2n) is 10.1. The minimum Gasteiger partial charge on any atom is -0.481 e. The molecule has 2 aliphatic rings. The monoisotopic (exact) mass is 567 g/mol. The van der Waals surface area contributed by atoms with E-state index in [9.17, 15) is 24.3 Å². The molecule has 0 spiro atoms. The number of carboxylic acid groups (broad SMARTS) is 1. The number of ether oxygens (including phenoxy) is 2. The fraction of sp³-hybridized carbons (Fsp3) is 0.517. The van der Waals surface area contributed by atoms with E-state index in [1.807, 2.05) is 30.3 Å². The van der Waals surface area contributed by atoms with Gasteiger partial charge in [-0.15, -0.1) is 0 Å². The molecule has 1 aromatic heterocycles. The fourth-order valence-electron chi connectivity index (χ4n) is 4.97. The number of hydrogen-bond donors (Lipinski definition) is 2. The van der Waals surface area contributed by atoms with Gasteiger partial charge in [-0.3, -0.25) is 14.4 Å². The SMILES string of the molecule is CCOC(=O)N1CCN(C(=O)C(CCC(=O)O)NC(=O)c2cc(OC3CCCCC3)nc(-c3ccccc3)n2)CC1. The van der Waals surface area contributed by atoms with Crippen molar-refractivity contribution in [3.8, 4) is 17.3 Å². The van der Waals surface area contributed by atoms with Gasteiger partial charge in [-0.2, -0.15) is 4.98 Å². The lowest BCUT2D eigenvalue weighted by atomic mass is 9.98. The van der Waals surface area contributed by atoms with Gasteiger partial charge in [0, 0.05) is 44.2 Å². The van der Waals surface area contributed by atoms with Crippen molar-refractivity contribution in [1.82, 2.24) is 25.1 Å². The molecular weight excluding hydrogens is 530 g/mol. The van der Waals surface area contributed by atoms with E-state index in [1.165, 1.54) is 15.9 Å². The van der Waals surface area contributed by atoms with Crippen LogP contribution < -0.4 is 10.1 Å².